The maximum Gasteiger partial charge on any atom is 0.277 e. The van der Waals surface area contributed by atoms with E-state index in [-0.39, 0.29) is 24.3 Å². The molecular weight excluding hydrogens is 420 g/mol. The minimum atomic E-state index is -0.278. The summed E-state index contributed by atoms with van der Waals surface area (Å²) in [5.41, 5.74) is 2.59. The Labute approximate surface area is 194 Å². The second kappa shape index (κ2) is 10.1. The Morgan fingerprint density at radius 1 is 0.939 bits per heavy atom. The number of aliphatic hydroxyl groups is 1. The summed E-state index contributed by atoms with van der Waals surface area (Å²) in [4.78, 5) is 30.4. The number of imide groups is 1. The van der Waals surface area contributed by atoms with Crippen LogP contribution >= 0.6 is 0 Å². The van der Waals surface area contributed by atoms with E-state index < -0.39 is 0 Å². The van der Waals surface area contributed by atoms with Gasteiger partial charge in [0.25, 0.3) is 11.8 Å². The van der Waals surface area contributed by atoms with Crippen LogP contribution in [-0.2, 0) is 16.0 Å². The second-order valence-electron chi connectivity index (χ2n) is 8.45. The number of hydrogen-bond acceptors (Lipinski definition) is 6. The average molecular weight is 451 g/mol. The zero-order valence-electron chi connectivity index (χ0n) is 19.1. The SMILES string of the molecule is COc1ccc(CCN2C(=O)C(c3ccc(OC)cc3)=C(N3CCCC(CO)C3)C2=O)cc1. The zero-order chi connectivity index (χ0) is 23.4. The van der Waals surface area contributed by atoms with Gasteiger partial charge in [-0.05, 0) is 60.6 Å². The smallest absolute Gasteiger partial charge is 0.277 e. The van der Waals surface area contributed by atoms with Crippen LogP contribution in [0.2, 0.25) is 0 Å². The van der Waals surface area contributed by atoms with E-state index in [0.29, 0.717) is 48.6 Å². The Morgan fingerprint density at radius 3 is 2.18 bits per heavy atom. The first-order chi connectivity index (χ1) is 16.0. The molecule has 0 aliphatic carbocycles. The van der Waals surface area contributed by atoms with Crippen LogP contribution in [-0.4, -0.2) is 67.2 Å². The fourth-order valence-corrected chi connectivity index (χ4v) is 4.53. The van der Waals surface area contributed by atoms with E-state index in [2.05, 4.69) is 0 Å². The molecule has 4 rings (SSSR count). The van der Waals surface area contributed by atoms with Gasteiger partial charge in [0.15, 0.2) is 0 Å². The Hall–Kier alpha value is -3.32. The highest BCUT2D eigenvalue weighted by molar-refractivity contribution is 6.35. The molecular formula is C26H30N2O5. The van der Waals surface area contributed by atoms with Crippen LogP contribution in [0.15, 0.2) is 54.2 Å². The number of benzene rings is 2. The summed E-state index contributed by atoms with van der Waals surface area (Å²) in [6.45, 7) is 1.63. The molecule has 7 heteroatoms. The normalized spacial score (nSPS) is 18.8. The van der Waals surface area contributed by atoms with Crippen molar-refractivity contribution >= 4 is 17.4 Å². The number of likely N-dealkylation sites (tertiary alicyclic amines) is 1. The van der Waals surface area contributed by atoms with Gasteiger partial charge in [-0.3, -0.25) is 14.5 Å². The van der Waals surface area contributed by atoms with Crippen LogP contribution in [0.5, 0.6) is 11.5 Å². The first-order valence-corrected chi connectivity index (χ1v) is 11.3. The van der Waals surface area contributed by atoms with Gasteiger partial charge in [-0.2, -0.15) is 0 Å². The number of aliphatic hydroxyl groups excluding tert-OH is 1. The molecule has 0 saturated carbocycles. The summed E-state index contributed by atoms with van der Waals surface area (Å²) in [5.74, 6) is 1.01. The Bertz CT molecular complexity index is 1030. The van der Waals surface area contributed by atoms with E-state index >= 15 is 0 Å². The third-order valence-corrected chi connectivity index (χ3v) is 6.40. The molecule has 1 unspecified atom stereocenters. The number of rotatable bonds is 8. The topological polar surface area (TPSA) is 79.3 Å². The lowest BCUT2D eigenvalue weighted by molar-refractivity contribution is -0.137. The van der Waals surface area contributed by atoms with Crippen molar-refractivity contribution in [2.45, 2.75) is 19.3 Å². The van der Waals surface area contributed by atoms with E-state index in [9.17, 15) is 14.7 Å². The van der Waals surface area contributed by atoms with E-state index in [1.165, 1.54) is 4.90 Å². The molecule has 1 atom stereocenters. The van der Waals surface area contributed by atoms with Gasteiger partial charge in [-0.15, -0.1) is 0 Å². The molecule has 0 aromatic heterocycles. The molecule has 2 heterocycles. The van der Waals surface area contributed by atoms with Crippen molar-refractivity contribution in [2.24, 2.45) is 5.92 Å². The largest absolute Gasteiger partial charge is 0.497 e. The summed E-state index contributed by atoms with van der Waals surface area (Å²) in [7, 11) is 3.21. The van der Waals surface area contributed by atoms with Crippen molar-refractivity contribution in [1.29, 1.82) is 0 Å². The van der Waals surface area contributed by atoms with E-state index in [1.807, 2.05) is 41.3 Å². The molecule has 1 fully saturated rings. The number of ether oxygens (including phenoxy) is 2. The van der Waals surface area contributed by atoms with Gasteiger partial charge in [0.1, 0.15) is 17.2 Å². The minimum Gasteiger partial charge on any atom is -0.497 e. The fraction of sp³-hybridized carbons (Fsp3) is 0.385. The highest BCUT2D eigenvalue weighted by Crippen LogP contribution is 2.34. The van der Waals surface area contributed by atoms with Crippen LogP contribution < -0.4 is 9.47 Å². The Kier molecular flexibility index (Phi) is 6.99. The molecule has 7 nitrogen and oxygen atoms in total. The molecule has 0 radical (unpaired) electrons. The lowest BCUT2D eigenvalue weighted by atomic mass is 9.97. The van der Waals surface area contributed by atoms with Crippen LogP contribution in [0, 0.1) is 5.92 Å². The predicted molar refractivity (Wildman–Crippen MR) is 125 cm³/mol. The first-order valence-electron chi connectivity index (χ1n) is 11.3. The molecule has 0 bridgehead atoms. The van der Waals surface area contributed by atoms with Gasteiger partial charge in [0.05, 0.1) is 19.8 Å². The van der Waals surface area contributed by atoms with Crippen molar-refractivity contribution in [3.63, 3.8) is 0 Å². The van der Waals surface area contributed by atoms with Crippen molar-refractivity contribution < 1.29 is 24.2 Å². The summed E-state index contributed by atoms with van der Waals surface area (Å²) < 4.78 is 10.5. The van der Waals surface area contributed by atoms with Gasteiger partial charge >= 0.3 is 0 Å². The van der Waals surface area contributed by atoms with Crippen molar-refractivity contribution in [2.75, 3.05) is 40.5 Å². The molecule has 0 spiro atoms. The van der Waals surface area contributed by atoms with Crippen LogP contribution in [0.1, 0.15) is 24.0 Å². The lowest BCUT2D eigenvalue weighted by Crippen LogP contribution is -2.41. The maximum absolute atomic E-state index is 13.5. The van der Waals surface area contributed by atoms with E-state index in [0.717, 1.165) is 24.2 Å². The Morgan fingerprint density at radius 2 is 1.58 bits per heavy atom. The number of hydrogen-bond donors (Lipinski definition) is 1. The summed E-state index contributed by atoms with van der Waals surface area (Å²) in [6.07, 6.45) is 2.35. The van der Waals surface area contributed by atoms with Gasteiger partial charge in [-0.25, -0.2) is 0 Å². The van der Waals surface area contributed by atoms with Gasteiger partial charge in [0.2, 0.25) is 0 Å². The molecule has 2 aliphatic rings. The number of carbonyl (C=O) groups excluding carboxylic acids is 2. The number of piperidine rings is 1. The fourth-order valence-electron chi connectivity index (χ4n) is 4.53. The van der Waals surface area contributed by atoms with Crippen molar-refractivity contribution in [3.05, 3.63) is 65.4 Å². The molecule has 1 saturated heterocycles. The van der Waals surface area contributed by atoms with Gasteiger partial charge in [0, 0.05) is 26.2 Å². The van der Waals surface area contributed by atoms with E-state index in [1.54, 1.807) is 26.4 Å². The summed E-state index contributed by atoms with van der Waals surface area (Å²) in [6, 6.07) is 14.9. The summed E-state index contributed by atoms with van der Waals surface area (Å²) in [5, 5.41) is 9.68. The molecule has 2 aromatic carbocycles. The standard InChI is InChI=1S/C26H30N2O5/c1-32-21-9-5-18(6-10-21)13-15-28-25(30)23(20-7-11-22(33-2)12-8-20)24(26(28)31)27-14-3-4-19(16-27)17-29/h5-12,19,29H,3-4,13-17H2,1-2H3. The highest BCUT2D eigenvalue weighted by atomic mass is 16.5. The monoisotopic (exact) mass is 450 g/mol. The molecule has 2 aliphatic heterocycles. The van der Waals surface area contributed by atoms with Crippen molar-refractivity contribution in [3.8, 4) is 11.5 Å². The third-order valence-electron chi connectivity index (χ3n) is 6.40. The minimum absolute atomic E-state index is 0.0744. The first kappa shape index (κ1) is 22.9. The third kappa shape index (κ3) is 4.73. The van der Waals surface area contributed by atoms with Crippen LogP contribution in [0.25, 0.3) is 5.57 Å². The number of nitrogens with zero attached hydrogens (tertiary/aromatic N) is 2. The van der Waals surface area contributed by atoms with Gasteiger partial charge in [-0.1, -0.05) is 24.3 Å². The van der Waals surface area contributed by atoms with E-state index in [4.69, 9.17) is 9.47 Å². The van der Waals surface area contributed by atoms with Gasteiger partial charge < -0.3 is 19.5 Å². The zero-order valence-corrected chi connectivity index (χ0v) is 19.1. The molecule has 33 heavy (non-hydrogen) atoms. The number of methoxy groups -OCH3 is 2. The lowest BCUT2D eigenvalue weighted by Gasteiger charge is -2.34. The predicted octanol–water partition coefficient (Wildman–Crippen LogP) is 2.73. The van der Waals surface area contributed by atoms with Crippen LogP contribution in [0.3, 0.4) is 0 Å². The van der Waals surface area contributed by atoms with Crippen molar-refractivity contribution in [1.82, 2.24) is 9.80 Å². The summed E-state index contributed by atoms with van der Waals surface area (Å²) >= 11 is 0. The number of amides is 2. The van der Waals surface area contributed by atoms with Crippen LogP contribution in [0.4, 0.5) is 0 Å². The molecule has 174 valence electrons. The maximum atomic E-state index is 13.5. The average Bonchev–Trinajstić information content (AvgIpc) is 3.12. The number of carbonyl (C=O) groups is 2. The molecule has 2 aromatic rings. The molecule has 2 amide bonds. The molecule has 1 N–H and O–H groups in total. The second-order valence-corrected chi connectivity index (χ2v) is 8.45. The highest BCUT2D eigenvalue weighted by Gasteiger charge is 2.42. The quantitative estimate of drug-likeness (QED) is 0.623. The Balaban J connectivity index is 1.62.